The lowest BCUT2D eigenvalue weighted by molar-refractivity contribution is -0.112. The second kappa shape index (κ2) is 6.61. The molecule has 0 radical (unpaired) electrons. The minimum Gasteiger partial charge on any atom is -0.325 e. The van der Waals surface area contributed by atoms with Crippen molar-refractivity contribution in [3.05, 3.63) is 0 Å². The smallest absolute Gasteiger partial charge is 0.325 e. The van der Waals surface area contributed by atoms with Crippen molar-refractivity contribution in [3.63, 3.8) is 0 Å². The summed E-state index contributed by atoms with van der Waals surface area (Å²) in [6.07, 6.45) is 0. The van der Waals surface area contributed by atoms with Gasteiger partial charge in [-0.1, -0.05) is 7.43 Å². The van der Waals surface area contributed by atoms with Gasteiger partial charge in [0.05, 0.1) is 0 Å². The normalized spacial score (nSPS) is 13.7. The third kappa shape index (κ3) is 5.72. The molecular formula is C7H20NO3P. The zero-order chi connectivity index (χ0) is 9.02. The van der Waals surface area contributed by atoms with Gasteiger partial charge in [0.2, 0.25) is 0 Å². The van der Waals surface area contributed by atoms with Gasteiger partial charge in [0, 0.05) is 12.1 Å². The Morgan fingerprint density at radius 2 is 1.58 bits per heavy atom. The Kier molecular flexibility index (Phi) is 8.05. The Labute approximate surface area is 75.4 Å². The fraction of sp³-hybridized carbons (Fsp3) is 1.00. The van der Waals surface area contributed by atoms with E-state index >= 15 is 0 Å². The molecule has 5 heteroatoms. The highest BCUT2D eigenvalue weighted by Crippen LogP contribution is 2.21. The van der Waals surface area contributed by atoms with Crippen LogP contribution in [0, 0.1) is 0 Å². The van der Waals surface area contributed by atoms with E-state index in [4.69, 9.17) is 9.52 Å². The van der Waals surface area contributed by atoms with Gasteiger partial charge in [-0.05, 0) is 27.7 Å². The molecule has 0 rings (SSSR count). The molecule has 0 spiro atoms. The van der Waals surface area contributed by atoms with Gasteiger partial charge in [0.15, 0.2) is 0 Å². The van der Waals surface area contributed by atoms with Crippen LogP contribution >= 0.6 is 8.25 Å². The van der Waals surface area contributed by atoms with E-state index in [1.807, 2.05) is 27.7 Å². The lowest BCUT2D eigenvalue weighted by atomic mass is 10.3. The molecule has 0 heterocycles. The molecule has 0 aromatic carbocycles. The van der Waals surface area contributed by atoms with Crippen molar-refractivity contribution < 1.29 is 14.1 Å². The molecular weight excluding hydrogens is 177 g/mol. The molecule has 0 aliphatic carbocycles. The number of hydroxylamine groups is 2. The van der Waals surface area contributed by atoms with Crippen LogP contribution in [-0.4, -0.2) is 22.0 Å². The van der Waals surface area contributed by atoms with Crippen LogP contribution in [0.3, 0.4) is 0 Å². The van der Waals surface area contributed by atoms with Crippen LogP contribution in [0.1, 0.15) is 35.1 Å². The van der Waals surface area contributed by atoms with Crippen molar-refractivity contribution in [3.8, 4) is 0 Å². The van der Waals surface area contributed by atoms with Crippen molar-refractivity contribution in [2.75, 3.05) is 0 Å². The average molecular weight is 197 g/mol. The van der Waals surface area contributed by atoms with E-state index in [1.54, 1.807) is 0 Å². The van der Waals surface area contributed by atoms with E-state index in [-0.39, 0.29) is 19.5 Å². The summed E-state index contributed by atoms with van der Waals surface area (Å²) in [7, 11) is -2.85. The summed E-state index contributed by atoms with van der Waals surface area (Å²) in [5, 5.41) is 1.52. The van der Waals surface area contributed by atoms with Gasteiger partial charge in [-0.15, -0.1) is 0 Å². The van der Waals surface area contributed by atoms with Crippen LogP contribution in [0.5, 0.6) is 0 Å². The Bertz CT molecular complexity index is 131. The van der Waals surface area contributed by atoms with E-state index in [2.05, 4.69) is 0 Å². The Morgan fingerprint density at radius 3 is 1.67 bits per heavy atom. The molecule has 1 N–H and O–H groups in total. The summed E-state index contributed by atoms with van der Waals surface area (Å²) >= 11 is 0. The highest BCUT2D eigenvalue weighted by atomic mass is 31.1. The van der Waals surface area contributed by atoms with Crippen LogP contribution in [0.15, 0.2) is 0 Å². The third-order valence-electron chi connectivity index (χ3n) is 1.20. The topological polar surface area (TPSA) is 49.8 Å². The highest BCUT2D eigenvalue weighted by Gasteiger charge is 2.15. The van der Waals surface area contributed by atoms with Crippen molar-refractivity contribution in [2.45, 2.75) is 47.2 Å². The van der Waals surface area contributed by atoms with E-state index < -0.39 is 8.25 Å². The Balaban J connectivity index is 0. The van der Waals surface area contributed by atoms with Crippen LogP contribution in [0.25, 0.3) is 0 Å². The quantitative estimate of drug-likeness (QED) is 0.553. The monoisotopic (exact) mass is 197 g/mol. The third-order valence-corrected chi connectivity index (χ3v) is 1.57. The van der Waals surface area contributed by atoms with Crippen LogP contribution in [-0.2, 0) is 9.19 Å². The van der Waals surface area contributed by atoms with Gasteiger partial charge >= 0.3 is 8.25 Å². The fourth-order valence-electron chi connectivity index (χ4n) is 0.897. The Hall–Kier alpha value is 0.110. The molecule has 0 fully saturated rings. The summed E-state index contributed by atoms with van der Waals surface area (Å²) in [6, 6.07) is 0.243. The van der Waals surface area contributed by atoms with Gasteiger partial charge in [-0.3, -0.25) is 4.57 Å². The molecule has 1 atom stereocenters. The summed E-state index contributed by atoms with van der Waals surface area (Å²) < 4.78 is 15.0. The lowest BCUT2D eigenvalue weighted by Gasteiger charge is -2.27. The first-order valence-corrected chi connectivity index (χ1v) is 4.90. The number of rotatable bonds is 4. The van der Waals surface area contributed by atoms with Crippen molar-refractivity contribution in [2.24, 2.45) is 0 Å². The summed E-state index contributed by atoms with van der Waals surface area (Å²) in [5.74, 6) is 0. The first kappa shape index (κ1) is 14.6. The molecule has 4 nitrogen and oxygen atoms in total. The van der Waals surface area contributed by atoms with Crippen LogP contribution < -0.4 is 0 Å². The molecule has 12 heavy (non-hydrogen) atoms. The average Bonchev–Trinajstić information content (AvgIpc) is 1.81. The standard InChI is InChI=1S/C6H16NO3P.CH4/c1-5(2)7(6(3)4)10-11(8)9;/h5-6,11H,1-4H3,(H,8,9);1H4. The van der Waals surface area contributed by atoms with Crippen molar-refractivity contribution in [1.82, 2.24) is 5.06 Å². The number of nitrogens with zero attached hydrogens (tertiary/aromatic N) is 1. The predicted octanol–water partition coefficient (Wildman–Crippen LogP) is 2.05. The van der Waals surface area contributed by atoms with Crippen molar-refractivity contribution >= 4 is 8.25 Å². The van der Waals surface area contributed by atoms with E-state index in [1.165, 1.54) is 5.06 Å². The van der Waals surface area contributed by atoms with Gasteiger partial charge < -0.3 is 4.89 Å². The zero-order valence-corrected chi connectivity index (χ0v) is 8.37. The maximum atomic E-state index is 10.3. The summed E-state index contributed by atoms with van der Waals surface area (Å²) in [4.78, 5) is 8.50. The maximum Gasteiger partial charge on any atom is 0.333 e. The van der Waals surface area contributed by atoms with E-state index in [9.17, 15) is 4.57 Å². The van der Waals surface area contributed by atoms with Gasteiger partial charge in [0.25, 0.3) is 0 Å². The molecule has 0 aliphatic rings. The molecule has 76 valence electrons. The maximum absolute atomic E-state index is 10.3. The van der Waals surface area contributed by atoms with Gasteiger partial charge in [-0.25, -0.2) is 4.62 Å². The molecule has 0 saturated heterocycles. The molecule has 0 aromatic heterocycles. The molecule has 0 aromatic rings. The fourth-order valence-corrected chi connectivity index (χ4v) is 1.50. The molecule has 0 aliphatic heterocycles. The number of hydrogen-bond acceptors (Lipinski definition) is 3. The van der Waals surface area contributed by atoms with Crippen molar-refractivity contribution in [1.29, 1.82) is 0 Å². The zero-order valence-electron chi connectivity index (χ0n) is 7.37. The lowest BCUT2D eigenvalue weighted by Crippen LogP contribution is -2.34. The second-order valence-corrected chi connectivity index (χ2v) is 3.62. The van der Waals surface area contributed by atoms with E-state index in [0.717, 1.165) is 0 Å². The minimum absolute atomic E-state index is 0. The number of hydrogen-bond donors (Lipinski definition) is 1. The minimum atomic E-state index is -2.85. The summed E-state index contributed by atoms with van der Waals surface area (Å²) in [6.45, 7) is 7.63. The molecule has 0 saturated carbocycles. The molecule has 1 unspecified atom stereocenters. The highest BCUT2D eigenvalue weighted by molar-refractivity contribution is 7.32. The largest absolute Gasteiger partial charge is 0.333 e. The SMILES string of the molecule is C.CC(C)N(O[PH](=O)O)C(C)C. The predicted molar refractivity (Wildman–Crippen MR) is 51.1 cm³/mol. The van der Waals surface area contributed by atoms with Gasteiger partial charge in [-0.2, -0.15) is 5.06 Å². The summed E-state index contributed by atoms with van der Waals surface area (Å²) in [5.41, 5.74) is 0. The Morgan fingerprint density at radius 1 is 1.25 bits per heavy atom. The van der Waals surface area contributed by atoms with Gasteiger partial charge in [0.1, 0.15) is 0 Å². The first-order valence-electron chi connectivity index (χ1n) is 3.64. The first-order chi connectivity index (χ1) is 4.95. The molecule has 0 amide bonds. The molecule has 0 bridgehead atoms. The van der Waals surface area contributed by atoms with E-state index in [0.29, 0.717) is 0 Å². The second-order valence-electron chi connectivity index (χ2n) is 2.90. The van der Waals surface area contributed by atoms with Crippen LogP contribution in [0.2, 0.25) is 0 Å². The van der Waals surface area contributed by atoms with Crippen LogP contribution in [0.4, 0.5) is 0 Å².